The smallest absolute Gasteiger partial charge is 0.142 e. The van der Waals surface area contributed by atoms with Crippen LogP contribution in [-0.2, 0) is 0 Å². The molecular weight excluding hydrogens is 224 g/mol. The minimum Gasteiger partial charge on any atom is -0.344 e. The summed E-state index contributed by atoms with van der Waals surface area (Å²) in [4.78, 5) is 5.86. The normalized spacial score (nSPS) is 9.28. The van der Waals surface area contributed by atoms with Crippen molar-refractivity contribution in [2.75, 3.05) is 11.9 Å². The van der Waals surface area contributed by atoms with Gasteiger partial charge in [-0.2, -0.15) is 10.5 Å². The standard InChI is InChI=1S/C14H10N4/c1-18(13-4-2-11(9-15)3-5-13)14-6-7-17-12(8-14)10-16/h2-8H,1H3. The topological polar surface area (TPSA) is 63.7 Å². The van der Waals surface area contributed by atoms with Gasteiger partial charge in [-0.1, -0.05) is 0 Å². The molecule has 2 aromatic rings. The number of aromatic nitrogens is 1. The third-order valence-corrected chi connectivity index (χ3v) is 2.63. The van der Waals surface area contributed by atoms with Gasteiger partial charge in [0.15, 0.2) is 0 Å². The van der Waals surface area contributed by atoms with Crippen molar-refractivity contribution in [1.29, 1.82) is 10.5 Å². The molecule has 0 unspecified atom stereocenters. The van der Waals surface area contributed by atoms with Gasteiger partial charge in [-0.25, -0.2) is 4.98 Å². The summed E-state index contributed by atoms with van der Waals surface area (Å²) < 4.78 is 0. The fourth-order valence-electron chi connectivity index (χ4n) is 1.60. The molecule has 18 heavy (non-hydrogen) atoms. The van der Waals surface area contributed by atoms with Crippen LogP contribution in [-0.4, -0.2) is 12.0 Å². The average molecular weight is 234 g/mol. The van der Waals surface area contributed by atoms with Gasteiger partial charge in [0.2, 0.25) is 0 Å². The summed E-state index contributed by atoms with van der Waals surface area (Å²) >= 11 is 0. The first kappa shape index (κ1) is 11.6. The van der Waals surface area contributed by atoms with E-state index in [1.165, 1.54) is 0 Å². The Morgan fingerprint density at radius 3 is 2.33 bits per heavy atom. The molecule has 0 aliphatic carbocycles. The maximum Gasteiger partial charge on any atom is 0.142 e. The Morgan fingerprint density at radius 2 is 1.72 bits per heavy atom. The molecule has 0 radical (unpaired) electrons. The summed E-state index contributed by atoms with van der Waals surface area (Å²) in [7, 11) is 1.90. The van der Waals surface area contributed by atoms with E-state index in [9.17, 15) is 0 Å². The van der Waals surface area contributed by atoms with Gasteiger partial charge < -0.3 is 4.90 Å². The Balaban J connectivity index is 2.32. The minimum absolute atomic E-state index is 0.382. The van der Waals surface area contributed by atoms with E-state index in [1.807, 2.05) is 36.2 Å². The second kappa shape index (κ2) is 4.99. The summed E-state index contributed by atoms with van der Waals surface area (Å²) in [6, 6.07) is 14.9. The van der Waals surface area contributed by atoms with E-state index in [2.05, 4.69) is 11.1 Å². The van der Waals surface area contributed by atoms with E-state index in [4.69, 9.17) is 10.5 Å². The highest BCUT2D eigenvalue weighted by molar-refractivity contribution is 5.63. The second-order valence-corrected chi connectivity index (χ2v) is 3.73. The van der Waals surface area contributed by atoms with E-state index in [0.717, 1.165) is 11.4 Å². The van der Waals surface area contributed by atoms with Gasteiger partial charge in [0.1, 0.15) is 11.8 Å². The van der Waals surface area contributed by atoms with Crippen LogP contribution < -0.4 is 4.90 Å². The first-order chi connectivity index (χ1) is 8.74. The molecule has 0 spiro atoms. The Kier molecular flexibility index (Phi) is 3.22. The van der Waals surface area contributed by atoms with Crippen molar-refractivity contribution in [2.24, 2.45) is 0 Å². The number of nitriles is 2. The van der Waals surface area contributed by atoms with Crippen LogP contribution in [0.25, 0.3) is 0 Å². The van der Waals surface area contributed by atoms with Crippen molar-refractivity contribution in [3.63, 3.8) is 0 Å². The zero-order valence-electron chi connectivity index (χ0n) is 9.83. The molecule has 2 rings (SSSR count). The molecule has 86 valence electrons. The molecule has 1 aromatic heterocycles. The summed E-state index contributed by atoms with van der Waals surface area (Å²) in [5.74, 6) is 0. The van der Waals surface area contributed by atoms with Gasteiger partial charge in [-0.15, -0.1) is 0 Å². The van der Waals surface area contributed by atoms with E-state index in [-0.39, 0.29) is 0 Å². The molecule has 1 aromatic carbocycles. The highest BCUT2D eigenvalue weighted by Gasteiger charge is 2.05. The third-order valence-electron chi connectivity index (χ3n) is 2.63. The number of hydrogen-bond acceptors (Lipinski definition) is 4. The van der Waals surface area contributed by atoms with Crippen molar-refractivity contribution in [3.05, 3.63) is 53.9 Å². The van der Waals surface area contributed by atoms with Crippen molar-refractivity contribution in [2.45, 2.75) is 0 Å². The van der Waals surface area contributed by atoms with E-state index >= 15 is 0 Å². The summed E-state index contributed by atoms with van der Waals surface area (Å²) in [6.07, 6.45) is 1.61. The molecule has 4 nitrogen and oxygen atoms in total. The maximum absolute atomic E-state index is 8.82. The monoisotopic (exact) mass is 234 g/mol. The highest BCUT2D eigenvalue weighted by Crippen LogP contribution is 2.23. The quantitative estimate of drug-likeness (QED) is 0.801. The SMILES string of the molecule is CN(c1ccc(C#N)cc1)c1ccnc(C#N)c1. The van der Waals surface area contributed by atoms with Gasteiger partial charge in [-0.05, 0) is 36.4 Å². The summed E-state index contributed by atoms with van der Waals surface area (Å²) in [6.45, 7) is 0. The van der Waals surface area contributed by atoms with Gasteiger partial charge in [0, 0.05) is 24.6 Å². The lowest BCUT2D eigenvalue weighted by atomic mass is 10.2. The molecule has 1 heterocycles. The molecule has 0 saturated carbocycles. The number of anilines is 2. The lowest BCUT2D eigenvalue weighted by molar-refractivity contribution is 1.17. The number of benzene rings is 1. The van der Waals surface area contributed by atoms with Crippen molar-refractivity contribution in [1.82, 2.24) is 4.98 Å². The molecule has 4 heteroatoms. The number of pyridine rings is 1. The van der Waals surface area contributed by atoms with Crippen molar-refractivity contribution < 1.29 is 0 Å². The molecule has 0 fully saturated rings. The molecule has 0 aliphatic heterocycles. The Labute approximate surface area is 105 Å². The zero-order chi connectivity index (χ0) is 13.0. The van der Waals surface area contributed by atoms with Crippen molar-refractivity contribution in [3.8, 4) is 12.1 Å². The molecule has 0 aliphatic rings. The van der Waals surface area contributed by atoms with Gasteiger partial charge in [0.25, 0.3) is 0 Å². The number of hydrogen-bond donors (Lipinski definition) is 0. The predicted molar refractivity (Wildman–Crippen MR) is 68.2 cm³/mol. The van der Waals surface area contributed by atoms with Crippen LogP contribution in [0.4, 0.5) is 11.4 Å². The van der Waals surface area contributed by atoms with E-state index < -0.39 is 0 Å². The molecule has 0 N–H and O–H groups in total. The molecule has 0 bridgehead atoms. The van der Waals surface area contributed by atoms with Crippen LogP contribution in [0.2, 0.25) is 0 Å². The average Bonchev–Trinajstić information content (AvgIpc) is 2.46. The summed E-state index contributed by atoms with van der Waals surface area (Å²) in [5, 5.41) is 17.6. The number of rotatable bonds is 2. The van der Waals surface area contributed by atoms with Gasteiger partial charge >= 0.3 is 0 Å². The van der Waals surface area contributed by atoms with Crippen LogP contribution in [0, 0.1) is 22.7 Å². The third kappa shape index (κ3) is 2.28. The van der Waals surface area contributed by atoms with E-state index in [0.29, 0.717) is 11.3 Å². The van der Waals surface area contributed by atoms with Gasteiger partial charge in [-0.3, -0.25) is 0 Å². The van der Waals surface area contributed by atoms with Crippen LogP contribution in [0.15, 0.2) is 42.6 Å². The molecular formula is C14H10N4. The second-order valence-electron chi connectivity index (χ2n) is 3.73. The zero-order valence-corrected chi connectivity index (χ0v) is 9.83. The predicted octanol–water partition coefficient (Wildman–Crippen LogP) is 2.59. The Hall–Kier alpha value is -2.85. The molecule has 0 atom stereocenters. The van der Waals surface area contributed by atoms with Crippen LogP contribution in [0.5, 0.6) is 0 Å². The van der Waals surface area contributed by atoms with Gasteiger partial charge in [0.05, 0.1) is 11.6 Å². The largest absolute Gasteiger partial charge is 0.344 e. The van der Waals surface area contributed by atoms with Crippen molar-refractivity contribution >= 4 is 11.4 Å². The molecule has 0 amide bonds. The van der Waals surface area contributed by atoms with Crippen LogP contribution in [0.3, 0.4) is 0 Å². The Bertz CT molecular complexity index is 632. The van der Waals surface area contributed by atoms with E-state index in [1.54, 1.807) is 24.4 Å². The number of nitrogens with zero attached hydrogens (tertiary/aromatic N) is 4. The Morgan fingerprint density at radius 1 is 1.00 bits per heavy atom. The highest BCUT2D eigenvalue weighted by atomic mass is 15.1. The first-order valence-corrected chi connectivity index (χ1v) is 5.34. The molecule has 0 saturated heterocycles. The maximum atomic E-state index is 8.82. The minimum atomic E-state index is 0.382. The lowest BCUT2D eigenvalue weighted by Gasteiger charge is -2.19. The fraction of sp³-hybridized carbons (Fsp3) is 0.0714. The van der Waals surface area contributed by atoms with Crippen LogP contribution >= 0.6 is 0 Å². The van der Waals surface area contributed by atoms with Crippen LogP contribution in [0.1, 0.15) is 11.3 Å². The lowest BCUT2D eigenvalue weighted by Crippen LogP contribution is -2.09. The first-order valence-electron chi connectivity index (χ1n) is 5.34. The summed E-state index contributed by atoms with van der Waals surface area (Å²) in [5.41, 5.74) is 2.84. The fourth-order valence-corrected chi connectivity index (χ4v) is 1.60.